The summed E-state index contributed by atoms with van der Waals surface area (Å²) >= 11 is 0. The van der Waals surface area contributed by atoms with Crippen LogP contribution in [0.5, 0.6) is 0 Å². The van der Waals surface area contributed by atoms with E-state index in [0.717, 1.165) is 6.42 Å². The van der Waals surface area contributed by atoms with Crippen LogP contribution in [0.1, 0.15) is 40.5 Å². The smallest absolute Gasteiger partial charge is 0.235 e. The Bertz CT molecular complexity index is 254. The predicted octanol–water partition coefficient (Wildman–Crippen LogP) is 0.777. The van der Waals surface area contributed by atoms with Gasteiger partial charge in [0.05, 0.1) is 0 Å². The van der Waals surface area contributed by atoms with Gasteiger partial charge < -0.3 is 11.1 Å². The van der Waals surface area contributed by atoms with Crippen molar-refractivity contribution in [1.29, 1.82) is 0 Å². The van der Waals surface area contributed by atoms with Gasteiger partial charge in [0.25, 0.3) is 0 Å². The Morgan fingerprint density at radius 2 is 2.06 bits per heavy atom. The zero-order chi connectivity index (χ0) is 12.8. The highest BCUT2D eigenvalue weighted by Gasteiger charge is 2.24. The van der Waals surface area contributed by atoms with Crippen LogP contribution in [0.25, 0.3) is 0 Å². The van der Waals surface area contributed by atoms with Crippen LogP contribution in [0.15, 0.2) is 0 Å². The molecule has 0 aromatic carbocycles. The molecule has 4 nitrogen and oxygen atoms in total. The molecule has 0 spiro atoms. The van der Waals surface area contributed by atoms with Crippen LogP contribution < -0.4 is 11.1 Å². The van der Waals surface area contributed by atoms with Crippen molar-refractivity contribution < 1.29 is 9.00 Å². The second-order valence-electron chi connectivity index (χ2n) is 4.60. The van der Waals surface area contributed by atoms with Crippen molar-refractivity contribution in [3.05, 3.63) is 0 Å². The van der Waals surface area contributed by atoms with Gasteiger partial charge in [0.2, 0.25) is 5.91 Å². The summed E-state index contributed by atoms with van der Waals surface area (Å²) < 4.78 is 11.7. The van der Waals surface area contributed by atoms with Gasteiger partial charge >= 0.3 is 0 Å². The van der Waals surface area contributed by atoms with E-state index >= 15 is 0 Å². The number of hydrogen-bond acceptors (Lipinski definition) is 3. The molecule has 0 fully saturated rings. The number of hydrogen-bond donors (Lipinski definition) is 2. The van der Waals surface area contributed by atoms with Crippen LogP contribution in [0, 0.1) is 0 Å². The molecule has 0 bridgehead atoms. The van der Waals surface area contributed by atoms with E-state index in [0.29, 0.717) is 18.7 Å². The van der Waals surface area contributed by atoms with Gasteiger partial charge in [-0.2, -0.15) is 0 Å². The summed E-state index contributed by atoms with van der Waals surface area (Å²) in [4.78, 5) is 11.8. The Morgan fingerprint density at radius 1 is 1.50 bits per heavy atom. The molecule has 0 aromatic rings. The molecular weight excluding hydrogens is 224 g/mol. The third-order valence-corrected chi connectivity index (χ3v) is 4.35. The highest BCUT2D eigenvalue weighted by atomic mass is 32.2. The van der Waals surface area contributed by atoms with Crippen LogP contribution in [0.4, 0.5) is 0 Å². The molecule has 0 saturated heterocycles. The topological polar surface area (TPSA) is 72.2 Å². The quantitative estimate of drug-likeness (QED) is 0.699. The van der Waals surface area contributed by atoms with Crippen LogP contribution in [0.3, 0.4) is 0 Å². The molecule has 2 atom stereocenters. The molecule has 0 radical (unpaired) electrons. The molecule has 0 heterocycles. The van der Waals surface area contributed by atoms with E-state index in [9.17, 15) is 9.00 Å². The Kier molecular flexibility index (Phi) is 6.83. The van der Waals surface area contributed by atoms with Gasteiger partial charge in [-0.15, -0.1) is 0 Å². The monoisotopic (exact) mass is 248 g/mol. The Balaban J connectivity index is 4.23. The van der Waals surface area contributed by atoms with Gasteiger partial charge in [-0.25, -0.2) is 0 Å². The number of carbonyl (C=O) groups excluding carboxylic acids is 1. The first kappa shape index (κ1) is 15.6. The standard InChI is InChI=1S/C11H24N2O2S/c1-5-11(3,4)13-10(14)9(2)16(15)8-6-7-12/h9H,5-8,12H2,1-4H3,(H,13,14). The molecule has 0 saturated carbocycles. The predicted molar refractivity (Wildman–Crippen MR) is 68.7 cm³/mol. The molecule has 0 aromatic heterocycles. The maximum atomic E-state index is 11.8. The first-order chi connectivity index (χ1) is 7.34. The van der Waals surface area contributed by atoms with Gasteiger partial charge in [0.15, 0.2) is 0 Å². The highest BCUT2D eigenvalue weighted by molar-refractivity contribution is 7.86. The molecule has 5 heteroatoms. The van der Waals surface area contributed by atoms with E-state index in [4.69, 9.17) is 5.73 Å². The molecule has 0 aliphatic carbocycles. The third kappa shape index (κ3) is 5.61. The first-order valence-corrected chi connectivity index (χ1v) is 7.11. The zero-order valence-corrected chi connectivity index (χ0v) is 11.5. The number of nitrogens with one attached hydrogen (secondary N) is 1. The fraction of sp³-hybridized carbons (Fsp3) is 0.909. The largest absolute Gasteiger partial charge is 0.350 e. The molecule has 16 heavy (non-hydrogen) atoms. The average Bonchev–Trinajstić information content (AvgIpc) is 2.24. The van der Waals surface area contributed by atoms with Gasteiger partial charge in [-0.05, 0) is 40.2 Å². The molecule has 0 rings (SSSR count). The van der Waals surface area contributed by atoms with E-state index in [2.05, 4.69) is 5.32 Å². The summed E-state index contributed by atoms with van der Waals surface area (Å²) in [5, 5.41) is 2.44. The van der Waals surface area contributed by atoms with Gasteiger partial charge in [0, 0.05) is 22.1 Å². The zero-order valence-electron chi connectivity index (χ0n) is 10.7. The second kappa shape index (κ2) is 7.01. The highest BCUT2D eigenvalue weighted by Crippen LogP contribution is 2.08. The molecule has 3 N–H and O–H groups in total. The van der Waals surface area contributed by atoms with Crippen LogP contribution >= 0.6 is 0 Å². The van der Waals surface area contributed by atoms with Crippen LogP contribution in [-0.2, 0) is 15.6 Å². The van der Waals surface area contributed by atoms with Crippen molar-refractivity contribution in [2.45, 2.75) is 51.3 Å². The summed E-state index contributed by atoms with van der Waals surface area (Å²) in [7, 11) is -1.12. The lowest BCUT2D eigenvalue weighted by atomic mass is 10.0. The fourth-order valence-corrected chi connectivity index (χ4v) is 2.15. The summed E-state index contributed by atoms with van der Waals surface area (Å²) in [6.45, 7) is 8.14. The number of rotatable bonds is 7. The lowest BCUT2D eigenvalue weighted by Gasteiger charge is -2.26. The summed E-state index contributed by atoms with van der Waals surface area (Å²) in [6.07, 6.45) is 1.54. The van der Waals surface area contributed by atoms with Crippen LogP contribution in [-0.4, -0.2) is 33.2 Å². The number of carbonyl (C=O) groups is 1. The van der Waals surface area contributed by atoms with E-state index in [1.54, 1.807) is 6.92 Å². The second-order valence-corrected chi connectivity index (χ2v) is 6.47. The van der Waals surface area contributed by atoms with Crippen molar-refractivity contribution in [1.82, 2.24) is 5.32 Å². The molecule has 2 unspecified atom stereocenters. The molecule has 0 aliphatic rings. The third-order valence-electron chi connectivity index (χ3n) is 2.66. The number of nitrogens with two attached hydrogens (primary N) is 1. The number of amides is 1. The van der Waals surface area contributed by atoms with Gasteiger partial charge in [0.1, 0.15) is 5.25 Å². The van der Waals surface area contributed by atoms with Crippen molar-refractivity contribution in [2.75, 3.05) is 12.3 Å². The molecule has 0 aliphatic heterocycles. The van der Waals surface area contributed by atoms with E-state index in [1.165, 1.54) is 0 Å². The SMILES string of the molecule is CCC(C)(C)NC(=O)C(C)S(=O)CCCN. The Hall–Kier alpha value is -0.420. The maximum absolute atomic E-state index is 11.8. The van der Waals surface area contributed by atoms with Crippen molar-refractivity contribution in [3.8, 4) is 0 Å². The molecular formula is C11H24N2O2S. The molecule has 96 valence electrons. The minimum absolute atomic E-state index is 0.137. The van der Waals surface area contributed by atoms with Gasteiger partial charge in [-0.3, -0.25) is 9.00 Å². The lowest BCUT2D eigenvalue weighted by molar-refractivity contribution is -0.121. The normalized spacial score (nSPS) is 15.6. The summed E-state index contributed by atoms with van der Waals surface area (Å²) in [5.41, 5.74) is 5.11. The van der Waals surface area contributed by atoms with Gasteiger partial charge in [-0.1, -0.05) is 6.92 Å². The maximum Gasteiger partial charge on any atom is 0.235 e. The summed E-state index contributed by atoms with van der Waals surface area (Å²) in [5.74, 6) is 0.361. The Labute approximate surface area is 101 Å². The average molecular weight is 248 g/mol. The minimum atomic E-state index is -1.12. The molecule has 1 amide bonds. The van der Waals surface area contributed by atoms with Crippen LogP contribution in [0.2, 0.25) is 0 Å². The Morgan fingerprint density at radius 3 is 2.50 bits per heavy atom. The first-order valence-electron chi connectivity index (χ1n) is 5.73. The van der Waals surface area contributed by atoms with Crippen molar-refractivity contribution >= 4 is 16.7 Å². The fourth-order valence-electron chi connectivity index (χ4n) is 1.05. The summed E-state index contributed by atoms with van der Waals surface area (Å²) in [6, 6.07) is 0. The van der Waals surface area contributed by atoms with E-state index < -0.39 is 16.0 Å². The van der Waals surface area contributed by atoms with Crippen molar-refractivity contribution in [2.24, 2.45) is 5.73 Å². The van der Waals surface area contributed by atoms with E-state index in [1.807, 2.05) is 20.8 Å². The minimum Gasteiger partial charge on any atom is -0.350 e. The van der Waals surface area contributed by atoms with Crippen molar-refractivity contribution in [3.63, 3.8) is 0 Å². The van der Waals surface area contributed by atoms with E-state index in [-0.39, 0.29) is 11.4 Å². The lowest BCUT2D eigenvalue weighted by Crippen LogP contribution is -2.48.